The monoisotopic (exact) mass is 239 g/mol. The number of hydrogen-bond acceptors (Lipinski definition) is 4. The van der Waals surface area contributed by atoms with Crippen LogP contribution >= 0.6 is 0 Å². The van der Waals surface area contributed by atoms with E-state index in [1.54, 1.807) is 18.8 Å². The average Bonchev–Trinajstić information content (AvgIpc) is 2.65. The summed E-state index contributed by atoms with van der Waals surface area (Å²) in [6.45, 7) is 2.22. The van der Waals surface area contributed by atoms with Gasteiger partial charge in [0.1, 0.15) is 5.84 Å². The number of amidine groups is 1. The summed E-state index contributed by atoms with van der Waals surface area (Å²) in [6.07, 6.45) is 1.87. The molecule has 1 rings (SSSR count). The van der Waals surface area contributed by atoms with Crippen LogP contribution in [0.25, 0.3) is 0 Å². The van der Waals surface area contributed by atoms with Gasteiger partial charge in [-0.2, -0.15) is 5.10 Å². The first-order valence-electron chi connectivity index (χ1n) is 5.17. The zero-order chi connectivity index (χ0) is 13.0. The Bertz CT molecular complexity index is 438. The second kappa shape index (κ2) is 5.33. The van der Waals surface area contributed by atoms with Gasteiger partial charge in [0.25, 0.3) is 5.91 Å². The first-order valence-corrected chi connectivity index (χ1v) is 5.17. The number of hydrogen-bond donors (Lipinski definition) is 2. The first-order chi connectivity index (χ1) is 7.97. The molecule has 1 aromatic rings. The molecule has 0 radical (unpaired) electrons. The first kappa shape index (κ1) is 13.0. The summed E-state index contributed by atoms with van der Waals surface area (Å²) in [5, 5.41) is 15.3. The minimum atomic E-state index is -0.124. The quantitative estimate of drug-likeness (QED) is 0.333. The Morgan fingerprint density at radius 1 is 1.71 bits per heavy atom. The Hall–Kier alpha value is -2.05. The zero-order valence-corrected chi connectivity index (χ0v) is 10.2. The molecule has 7 nitrogen and oxygen atoms in total. The van der Waals surface area contributed by atoms with Gasteiger partial charge in [-0.05, 0) is 6.92 Å². The van der Waals surface area contributed by atoms with Gasteiger partial charge in [0.2, 0.25) is 0 Å². The molecule has 1 heterocycles. The fourth-order valence-corrected chi connectivity index (χ4v) is 1.35. The molecule has 0 atom stereocenters. The van der Waals surface area contributed by atoms with E-state index >= 15 is 0 Å². The number of carbonyl (C=O) groups is 1. The van der Waals surface area contributed by atoms with E-state index in [-0.39, 0.29) is 11.7 Å². The standard InChI is InChI=1S/C10H17N5O2/c1-7-8(6-12-15(7)3)10(16)14(2)5-4-9(11)13-17/h6,17H,4-5H2,1-3H3,(H2,11,13). The lowest BCUT2D eigenvalue weighted by atomic mass is 10.2. The molecular weight excluding hydrogens is 222 g/mol. The van der Waals surface area contributed by atoms with Gasteiger partial charge in [-0.1, -0.05) is 5.16 Å². The minimum absolute atomic E-state index is 0.104. The number of rotatable bonds is 4. The van der Waals surface area contributed by atoms with Crippen LogP contribution in [0.3, 0.4) is 0 Å². The number of aryl methyl sites for hydroxylation is 1. The second-order valence-electron chi connectivity index (χ2n) is 3.84. The highest BCUT2D eigenvalue weighted by Gasteiger charge is 2.16. The van der Waals surface area contributed by atoms with Gasteiger partial charge in [0.05, 0.1) is 11.8 Å². The normalized spacial score (nSPS) is 11.6. The van der Waals surface area contributed by atoms with E-state index in [4.69, 9.17) is 10.9 Å². The molecule has 1 amide bonds. The number of carbonyl (C=O) groups excluding carboxylic acids is 1. The van der Waals surface area contributed by atoms with Gasteiger partial charge in [0.15, 0.2) is 0 Å². The van der Waals surface area contributed by atoms with Crippen molar-refractivity contribution >= 4 is 11.7 Å². The summed E-state index contributed by atoms with van der Waals surface area (Å²) in [5.74, 6) is -0.0195. The van der Waals surface area contributed by atoms with E-state index in [0.717, 1.165) is 5.69 Å². The van der Waals surface area contributed by atoms with E-state index in [1.165, 1.54) is 11.1 Å². The Morgan fingerprint density at radius 3 is 2.82 bits per heavy atom. The van der Waals surface area contributed by atoms with Crippen molar-refractivity contribution in [3.05, 3.63) is 17.5 Å². The highest BCUT2D eigenvalue weighted by Crippen LogP contribution is 2.08. The van der Waals surface area contributed by atoms with Crippen molar-refractivity contribution in [1.29, 1.82) is 0 Å². The van der Waals surface area contributed by atoms with Crippen LogP contribution in [0.15, 0.2) is 11.4 Å². The van der Waals surface area contributed by atoms with E-state index in [1.807, 2.05) is 6.92 Å². The Morgan fingerprint density at radius 2 is 2.35 bits per heavy atom. The van der Waals surface area contributed by atoms with Gasteiger partial charge >= 0.3 is 0 Å². The van der Waals surface area contributed by atoms with Crippen molar-refractivity contribution in [3.8, 4) is 0 Å². The molecule has 0 aliphatic heterocycles. The molecular formula is C10H17N5O2. The summed E-state index contributed by atoms with van der Waals surface area (Å²) in [6, 6.07) is 0. The van der Waals surface area contributed by atoms with Gasteiger partial charge in [-0.15, -0.1) is 0 Å². The molecule has 94 valence electrons. The highest BCUT2D eigenvalue weighted by molar-refractivity contribution is 5.95. The van der Waals surface area contributed by atoms with Crippen LogP contribution in [0.5, 0.6) is 0 Å². The molecule has 3 N–H and O–H groups in total. The molecule has 0 aromatic carbocycles. The minimum Gasteiger partial charge on any atom is -0.409 e. The molecule has 17 heavy (non-hydrogen) atoms. The maximum absolute atomic E-state index is 12.0. The van der Waals surface area contributed by atoms with Crippen LogP contribution in [0.4, 0.5) is 0 Å². The van der Waals surface area contributed by atoms with Crippen molar-refractivity contribution in [2.75, 3.05) is 13.6 Å². The fourth-order valence-electron chi connectivity index (χ4n) is 1.35. The van der Waals surface area contributed by atoms with Gasteiger partial charge in [-0.25, -0.2) is 0 Å². The summed E-state index contributed by atoms with van der Waals surface area (Å²) in [4.78, 5) is 13.5. The van der Waals surface area contributed by atoms with Crippen molar-refractivity contribution in [3.63, 3.8) is 0 Å². The fraction of sp³-hybridized carbons (Fsp3) is 0.500. The predicted octanol–water partition coefficient (Wildman–Crippen LogP) is -0.0630. The third-order valence-corrected chi connectivity index (χ3v) is 2.64. The number of oxime groups is 1. The highest BCUT2D eigenvalue weighted by atomic mass is 16.4. The molecule has 1 aromatic heterocycles. The maximum Gasteiger partial charge on any atom is 0.257 e. The lowest BCUT2D eigenvalue weighted by Gasteiger charge is -2.16. The van der Waals surface area contributed by atoms with E-state index in [9.17, 15) is 4.79 Å². The third kappa shape index (κ3) is 2.96. The van der Waals surface area contributed by atoms with Gasteiger partial charge in [-0.3, -0.25) is 9.48 Å². The molecule has 0 aliphatic carbocycles. The summed E-state index contributed by atoms with van der Waals surface area (Å²) < 4.78 is 1.64. The van der Waals surface area contributed by atoms with Crippen LogP contribution in [0, 0.1) is 6.92 Å². The summed E-state index contributed by atoms with van der Waals surface area (Å²) >= 11 is 0. The largest absolute Gasteiger partial charge is 0.409 e. The lowest BCUT2D eigenvalue weighted by Crippen LogP contribution is -2.30. The van der Waals surface area contributed by atoms with Crippen LogP contribution < -0.4 is 5.73 Å². The van der Waals surface area contributed by atoms with Crippen LogP contribution in [-0.2, 0) is 7.05 Å². The van der Waals surface area contributed by atoms with Gasteiger partial charge < -0.3 is 15.8 Å². The Labute approximate surface area is 99.5 Å². The smallest absolute Gasteiger partial charge is 0.257 e. The van der Waals surface area contributed by atoms with E-state index < -0.39 is 0 Å². The van der Waals surface area contributed by atoms with Crippen LogP contribution in [0.1, 0.15) is 22.5 Å². The number of aromatic nitrogens is 2. The Balaban J connectivity index is 2.67. The predicted molar refractivity (Wildman–Crippen MR) is 62.9 cm³/mol. The molecule has 0 unspecified atom stereocenters. The summed E-state index contributed by atoms with van der Waals surface area (Å²) in [5.41, 5.74) is 6.71. The van der Waals surface area contributed by atoms with Crippen molar-refractivity contribution < 1.29 is 10.0 Å². The molecule has 0 saturated heterocycles. The molecule has 0 fully saturated rings. The van der Waals surface area contributed by atoms with Crippen molar-refractivity contribution in [1.82, 2.24) is 14.7 Å². The van der Waals surface area contributed by atoms with Crippen LogP contribution in [-0.4, -0.2) is 45.2 Å². The maximum atomic E-state index is 12.0. The lowest BCUT2D eigenvalue weighted by molar-refractivity contribution is 0.0797. The molecule has 0 saturated carbocycles. The molecule has 7 heteroatoms. The van der Waals surface area contributed by atoms with Crippen molar-refractivity contribution in [2.45, 2.75) is 13.3 Å². The van der Waals surface area contributed by atoms with E-state index in [2.05, 4.69) is 10.3 Å². The van der Waals surface area contributed by atoms with E-state index in [0.29, 0.717) is 18.5 Å². The molecule has 0 aliphatic rings. The average molecular weight is 239 g/mol. The molecule has 0 bridgehead atoms. The zero-order valence-electron chi connectivity index (χ0n) is 10.2. The molecule has 0 spiro atoms. The second-order valence-corrected chi connectivity index (χ2v) is 3.84. The Kier molecular flexibility index (Phi) is 4.08. The van der Waals surface area contributed by atoms with Crippen molar-refractivity contribution in [2.24, 2.45) is 17.9 Å². The van der Waals surface area contributed by atoms with Gasteiger partial charge in [0, 0.05) is 32.8 Å². The topological polar surface area (TPSA) is 96.7 Å². The number of nitrogens with two attached hydrogens (primary N) is 1. The number of nitrogens with zero attached hydrogens (tertiary/aromatic N) is 4. The summed E-state index contributed by atoms with van der Waals surface area (Å²) in [7, 11) is 3.45. The third-order valence-electron chi connectivity index (χ3n) is 2.64. The van der Waals surface area contributed by atoms with Crippen LogP contribution in [0.2, 0.25) is 0 Å². The SMILES string of the molecule is Cc1c(C(=O)N(C)CC/C(N)=N/O)cnn1C. The number of amides is 1.